The van der Waals surface area contributed by atoms with Gasteiger partial charge in [0, 0.05) is 0 Å². The standard InChI is InChI=1S/C16H16O/c1-12-4-2-6-15(10-12)17-16-7-3-5-14(11-16)13-8-9-13/h2-7,10-11,13H,8-9H2,1H3. The average Bonchev–Trinajstić information content (AvgIpc) is 3.13. The van der Waals surface area contributed by atoms with Crippen LogP contribution in [0.3, 0.4) is 0 Å². The van der Waals surface area contributed by atoms with Gasteiger partial charge in [-0.05, 0) is 61.1 Å². The predicted molar refractivity (Wildman–Crippen MR) is 69.7 cm³/mol. The molecule has 0 N–H and O–H groups in total. The Bertz CT molecular complexity index is 527. The van der Waals surface area contributed by atoms with E-state index in [1.54, 1.807) is 0 Å². The fourth-order valence-corrected chi connectivity index (χ4v) is 2.06. The van der Waals surface area contributed by atoms with Crippen LogP contribution in [0.5, 0.6) is 11.5 Å². The molecule has 0 atom stereocenters. The van der Waals surface area contributed by atoms with Crippen LogP contribution < -0.4 is 4.74 Å². The molecule has 3 rings (SSSR count). The number of ether oxygens (including phenoxy) is 1. The molecule has 2 aromatic rings. The van der Waals surface area contributed by atoms with Crippen LogP contribution in [0.25, 0.3) is 0 Å². The number of aryl methyl sites for hydroxylation is 1. The monoisotopic (exact) mass is 224 g/mol. The molecule has 0 unspecified atom stereocenters. The van der Waals surface area contributed by atoms with Gasteiger partial charge in [-0.1, -0.05) is 24.3 Å². The summed E-state index contributed by atoms with van der Waals surface area (Å²) < 4.78 is 5.88. The van der Waals surface area contributed by atoms with Crippen molar-refractivity contribution in [2.75, 3.05) is 0 Å². The maximum absolute atomic E-state index is 5.88. The molecule has 1 fully saturated rings. The van der Waals surface area contributed by atoms with E-state index < -0.39 is 0 Å². The zero-order valence-electron chi connectivity index (χ0n) is 10.0. The summed E-state index contributed by atoms with van der Waals surface area (Å²) in [6.07, 6.45) is 2.65. The van der Waals surface area contributed by atoms with Gasteiger partial charge >= 0.3 is 0 Å². The third-order valence-electron chi connectivity index (χ3n) is 3.13. The summed E-state index contributed by atoms with van der Waals surface area (Å²) >= 11 is 0. The van der Waals surface area contributed by atoms with E-state index in [0.717, 1.165) is 17.4 Å². The molecule has 0 amide bonds. The molecule has 0 bridgehead atoms. The van der Waals surface area contributed by atoms with Crippen molar-refractivity contribution >= 4 is 0 Å². The van der Waals surface area contributed by atoms with Crippen LogP contribution in [0.15, 0.2) is 48.5 Å². The van der Waals surface area contributed by atoms with Crippen molar-refractivity contribution in [3.63, 3.8) is 0 Å². The summed E-state index contributed by atoms with van der Waals surface area (Å²) in [5.41, 5.74) is 2.64. The zero-order valence-corrected chi connectivity index (χ0v) is 10.0. The molecule has 1 aliphatic carbocycles. The second kappa shape index (κ2) is 4.25. The lowest BCUT2D eigenvalue weighted by atomic mass is 10.1. The first-order valence-electron chi connectivity index (χ1n) is 6.16. The Morgan fingerprint density at radius 3 is 2.35 bits per heavy atom. The molecule has 1 saturated carbocycles. The summed E-state index contributed by atoms with van der Waals surface area (Å²) in [6, 6.07) is 16.6. The second-order valence-electron chi connectivity index (χ2n) is 4.77. The van der Waals surface area contributed by atoms with E-state index in [1.165, 1.54) is 24.0 Å². The molecule has 86 valence electrons. The molecular formula is C16H16O. The third-order valence-corrected chi connectivity index (χ3v) is 3.13. The highest BCUT2D eigenvalue weighted by Gasteiger charge is 2.23. The summed E-state index contributed by atoms with van der Waals surface area (Å²) in [5.74, 6) is 2.63. The van der Waals surface area contributed by atoms with Crippen LogP contribution in [0.4, 0.5) is 0 Å². The molecule has 0 spiro atoms. The van der Waals surface area contributed by atoms with Crippen LogP contribution in [0, 0.1) is 6.92 Å². The van der Waals surface area contributed by atoms with Gasteiger partial charge in [0.05, 0.1) is 0 Å². The molecule has 17 heavy (non-hydrogen) atoms. The van der Waals surface area contributed by atoms with E-state index in [2.05, 4.69) is 37.3 Å². The van der Waals surface area contributed by atoms with E-state index in [1.807, 2.05) is 18.2 Å². The lowest BCUT2D eigenvalue weighted by molar-refractivity contribution is 0.481. The Morgan fingerprint density at radius 2 is 1.65 bits per heavy atom. The fourth-order valence-electron chi connectivity index (χ4n) is 2.06. The van der Waals surface area contributed by atoms with E-state index in [9.17, 15) is 0 Å². The number of hydrogen-bond donors (Lipinski definition) is 0. The molecule has 0 heterocycles. The molecule has 0 aromatic heterocycles. The molecule has 0 radical (unpaired) electrons. The van der Waals surface area contributed by atoms with Gasteiger partial charge in [0.25, 0.3) is 0 Å². The van der Waals surface area contributed by atoms with Crippen molar-refractivity contribution < 1.29 is 4.74 Å². The van der Waals surface area contributed by atoms with Gasteiger partial charge in [0.1, 0.15) is 11.5 Å². The first-order valence-corrected chi connectivity index (χ1v) is 6.16. The predicted octanol–water partition coefficient (Wildman–Crippen LogP) is 4.66. The van der Waals surface area contributed by atoms with E-state index in [4.69, 9.17) is 4.74 Å². The Kier molecular flexibility index (Phi) is 2.60. The second-order valence-corrected chi connectivity index (χ2v) is 4.77. The van der Waals surface area contributed by atoms with Crippen molar-refractivity contribution in [3.05, 3.63) is 59.7 Å². The van der Waals surface area contributed by atoms with Crippen molar-refractivity contribution in [3.8, 4) is 11.5 Å². The zero-order chi connectivity index (χ0) is 11.7. The first kappa shape index (κ1) is 10.4. The largest absolute Gasteiger partial charge is 0.457 e. The first-order chi connectivity index (χ1) is 8.31. The molecule has 0 saturated heterocycles. The summed E-state index contributed by atoms with van der Waals surface area (Å²) in [4.78, 5) is 0. The van der Waals surface area contributed by atoms with Crippen molar-refractivity contribution in [1.82, 2.24) is 0 Å². The number of benzene rings is 2. The fraction of sp³-hybridized carbons (Fsp3) is 0.250. The van der Waals surface area contributed by atoms with Crippen molar-refractivity contribution in [1.29, 1.82) is 0 Å². The lowest BCUT2D eigenvalue weighted by Gasteiger charge is -2.07. The Morgan fingerprint density at radius 1 is 0.941 bits per heavy atom. The third kappa shape index (κ3) is 2.50. The van der Waals surface area contributed by atoms with Gasteiger partial charge in [-0.25, -0.2) is 0 Å². The lowest BCUT2D eigenvalue weighted by Crippen LogP contribution is -1.86. The molecule has 1 aliphatic rings. The maximum Gasteiger partial charge on any atom is 0.127 e. The molecule has 0 aliphatic heterocycles. The van der Waals surface area contributed by atoms with E-state index in [0.29, 0.717) is 0 Å². The molecule has 1 nitrogen and oxygen atoms in total. The summed E-state index contributed by atoms with van der Waals surface area (Å²) in [7, 11) is 0. The Labute approximate surface area is 102 Å². The maximum atomic E-state index is 5.88. The van der Waals surface area contributed by atoms with Crippen LogP contribution in [0.2, 0.25) is 0 Å². The topological polar surface area (TPSA) is 9.23 Å². The molecule has 1 heteroatoms. The van der Waals surface area contributed by atoms with E-state index in [-0.39, 0.29) is 0 Å². The average molecular weight is 224 g/mol. The highest BCUT2D eigenvalue weighted by atomic mass is 16.5. The highest BCUT2D eigenvalue weighted by Crippen LogP contribution is 2.41. The van der Waals surface area contributed by atoms with E-state index >= 15 is 0 Å². The minimum Gasteiger partial charge on any atom is -0.457 e. The molecule has 2 aromatic carbocycles. The van der Waals surface area contributed by atoms with Gasteiger partial charge < -0.3 is 4.74 Å². The quantitative estimate of drug-likeness (QED) is 0.736. The van der Waals surface area contributed by atoms with Crippen molar-refractivity contribution in [2.45, 2.75) is 25.7 Å². The summed E-state index contributed by atoms with van der Waals surface area (Å²) in [6.45, 7) is 2.08. The van der Waals surface area contributed by atoms with Gasteiger partial charge in [-0.3, -0.25) is 0 Å². The minimum atomic E-state index is 0.774. The highest BCUT2D eigenvalue weighted by molar-refractivity contribution is 5.37. The van der Waals surface area contributed by atoms with Gasteiger partial charge in [0.15, 0.2) is 0 Å². The summed E-state index contributed by atoms with van der Waals surface area (Å²) in [5, 5.41) is 0. The van der Waals surface area contributed by atoms with Crippen LogP contribution in [-0.2, 0) is 0 Å². The van der Waals surface area contributed by atoms with Gasteiger partial charge in [0.2, 0.25) is 0 Å². The smallest absolute Gasteiger partial charge is 0.127 e. The Balaban J connectivity index is 1.82. The Hall–Kier alpha value is -1.76. The number of hydrogen-bond acceptors (Lipinski definition) is 1. The van der Waals surface area contributed by atoms with Gasteiger partial charge in [-0.2, -0.15) is 0 Å². The minimum absolute atomic E-state index is 0.774. The van der Waals surface area contributed by atoms with Crippen LogP contribution in [-0.4, -0.2) is 0 Å². The molecular weight excluding hydrogens is 208 g/mol. The van der Waals surface area contributed by atoms with Crippen LogP contribution in [0.1, 0.15) is 29.9 Å². The van der Waals surface area contributed by atoms with Crippen LogP contribution >= 0.6 is 0 Å². The normalized spacial score (nSPS) is 14.6. The van der Waals surface area contributed by atoms with Gasteiger partial charge in [-0.15, -0.1) is 0 Å². The SMILES string of the molecule is Cc1cccc(Oc2cccc(C3CC3)c2)c1. The number of rotatable bonds is 3. The van der Waals surface area contributed by atoms with Crippen molar-refractivity contribution in [2.24, 2.45) is 0 Å².